The van der Waals surface area contributed by atoms with Gasteiger partial charge in [-0.25, -0.2) is 9.59 Å². The van der Waals surface area contributed by atoms with Crippen molar-refractivity contribution in [2.45, 2.75) is 104 Å². The average molecular weight is 714 g/mol. The highest BCUT2D eigenvalue weighted by Crippen LogP contribution is 2.39. The molecule has 2 aliphatic rings. The van der Waals surface area contributed by atoms with E-state index in [2.05, 4.69) is 20.7 Å². The van der Waals surface area contributed by atoms with E-state index in [4.69, 9.17) is 24.8 Å². The number of carboxylic acid groups (broad SMARTS) is 2. The van der Waals surface area contributed by atoms with Gasteiger partial charge in [0, 0.05) is 24.3 Å². The van der Waals surface area contributed by atoms with Crippen LogP contribution >= 0.6 is 0 Å². The highest BCUT2D eigenvalue weighted by atomic mass is 16.7. The fourth-order valence-electron chi connectivity index (χ4n) is 5.72. The number of aliphatic carboxylic acids is 2. The van der Waals surface area contributed by atoms with E-state index in [1.165, 1.54) is 0 Å². The fourth-order valence-corrected chi connectivity index (χ4v) is 5.72. The minimum Gasteiger partial charge on any atom is -0.479 e. The van der Waals surface area contributed by atoms with Crippen molar-refractivity contribution in [3.8, 4) is 0 Å². The highest BCUT2D eigenvalue weighted by Gasteiger charge is 2.59. The molecule has 0 spiro atoms. The molecule has 0 aromatic carbocycles. The first-order valence-electron chi connectivity index (χ1n) is 15.0. The molecule has 0 bridgehead atoms. The summed E-state index contributed by atoms with van der Waals surface area (Å²) < 4.78 is 16.8. The smallest absolute Gasteiger partial charge is 0.364 e. The number of azide groups is 1. The average Bonchev–Trinajstić information content (AvgIpc) is 3.07. The lowest BCUT2D eigenvalue weighted by molar-refractivity contribution is -0.337. The van der Waals surface area contributed by atoms with Gasteiger partial charge in [-0.05, 0) is 24.8 Å². The lowest BCUT2D eigenvalue weighted by atomic mass is 9.81. The Morgan fingerprint density at radius 3 is 1.86 bits per heavy atom. The van der Waals surface area contributed by atoms with Crippen molar-refractivity contribution in [3.05, 3.63) is 10.4 Å². The number of ether oxygens (including phenoxy) is 3. The normalized spacial score (nSPS) is 32.5. The van der Waals surface area contributed by atoms with Gasteiger partial charge in [0.25, 0.3) is 5.79 Å². The van der Waals surface area contributed by atoms with Crippen molar-refractivity contribution >= 4 is 23.8 Å². The van der Waals surface area contributed by atoms with E-state index < -0.39 is 135 Å². The minimum absolute atomic E-state index is 0.0188. The zero-order valence-electron chi connectivity index (χ0n) is 26.0. The van der Waals surface area contributed by atoms with Gasteiger partial charge < -0.3 is 81.0 Å². The Kier molecular flexibility index (Phi) is 15.9. The molecule has 23 nitrogen and oxygen atoms in total. The maximum atomic E-state index is 12.6. The van der Waals surface area contributed by atoms with Gasteiger partial charge in [-0.2, -0.15) is 0 Å². The lowest BCUT2D eigenvalue weighted by Crippen LogP contribution is -2.70. The summed E-state index contributed by atoms with van der Waals surface area (Å²) in [6.07, 6.45) is -18.6. The molecule has 49 heavy (non-hydrogen) atoms. The van der Waals surface area contributed by atoms with Crippen LogP contribution < -0.4 is 10.6 Å². The van der Waals surface area contributed by atoms with Crippen LogP contribution in [0, 0.1) is 0 Å². The quantitative estimate of drug-likeness (QED) is 0.0256. The standard InChI is InChI=1S/C26H43N5O18/c27-31-28-4-2-1-3-25(23(43)44)5-11(36)17(29-15(39)9-34)22(48-25)20(42)14(8-33)47-26(24(45)46)6-12(37)18(30-16(40)10-35)21(49-26)19(41)13(38)7-32/h11-14,17-22,32-38,41-42H,1-10H2,(H,29,39)(H,30,40)(H,43,44)(H,45,46)/t11-,12-,13?,14?,17+,18+,19?,20?,21+,22+,25+,26+/m0/s1. The van der Waals surface area contributed by atoms with Crippen LogP contribution in [0.4, 0.5) is 0 Å². The molecule has 0 aliphatic carbocycles. The molecule has 2 amide bonds. The number of hydrogen-bond donors (Lipinski definition) is 13. The van der Waals surface area contributed by atoms with Crippen LogP contribution in [-0.4, -0.2) is 185 Å². The van der Waals surface area contributed by atoms with Crippen LogP contribution in [0.5, 0.6) is 0 Å². The molecule has 2 saturated heterocycles. The molecule has 4 unspecified atom stereocenters. The second kappa shape index (κ2) is 18.6. The second-order valence-corrected chi connectivity index (χ2v) is 11.5. The molecule has 2 heterocycles. The lowest BCUT2D eigenvalue weighted by Gasteiger charge is -2.50. The molecule has 13 N–H and O–H groups in total. The second-order valence-electron chi connectivity index (χ2n) is 11.5. The van der Waals surface area contributed by atoms with E-state index in [0.717, 1.165) is 0 Å². The summed E-state index contributed by atoms with van der Waals surface area (Å²) in [5.41, 5.74) is 6.21. The maximum absolute atomic E-state index is 12.6. The van der Waals surface area contributed by atoms with Gasteiger partial charge in [0.15, 0.2) is 5.60 Å². The van der Waals surface area contributed by atoms with Crippen molar-refractivity contribution in [1.82, 2.24) is 10.6 Å². The number of rotatable bonds is 19. The zero-order valence-corrected chi connectivity index (χ0v) is 26.0. The van der Waals surface area contributed by atoms with Gasteiger partial charge in [-0.1, -0.05) is 5.11 Å². The third kappa shape index (κ3) is 10.1. The molecule has 0 aromatic heterocycles. The zero-order chi connectivity index (χ0) is 37.1. The Balaban J connectivity index is 2.54. The first kappa shape index (κ1) is 41.9. The van der Waals surface area contributed by atoms with Gasteiger partial charge in [-0.3, -0.25) is 9.59 Å². The SMILES string of the molecule is [N-]=[N+]=NCCCC[C@]1(C(=O)O)C[C@H](O)[C@@H](NC(=O)CO)[C@H](C(O)C(CO)O[C@]2(C(=O)O)C[C@H](O)[C@@H](NC(=O)CO)[C@H](C(O)C(O)CO)O2)O1. The van der Waals surface area contributed by atoms with E-state index in [9.17, 15) is 70.2 Å². The molecular weight excluding hydrogens is 670 g/mol. The number of carbonyl (C=O) groups is 4. The summed E-state index contributed by atoms with van der Waals surface area (Å²) >= 11 is 0. The van der Waals surface area contributed by atoms with E-state index in [0.29, 0.717) is 0 Å². The Morgan fingerprint density at radius 1 is 0.837 bits per heavy atom. The van der Waals surface area contributed by atoms with Crippen LogP contribution in [-0.2, 0) is 33.4 Å². The summed E-state index contributed by atoms with van der Waals surface area (Å²) in [7, 11) is 0. The third-order valence-electron chi connectivity index (χ3n) is 8.21. The number of aliphatic hydroxyl groups is 9. The molecule has 12 atom stereocenters. The predicted octanol–water partition coefficient (Wildman–Crippen LogP) is -6.22. The van der Waals surface area contributed by atoms with Crippen LogP contribution in [0.2, 0.25) is 0 Å². The third-order valence-corrected chi connectivity index (χ3v) is 8.21. The van der Waals surface area contributed by atoms with Crippen molar-refractivity contribution in [2.24, 2.45) is 5.11 Å². The van der Waals surface area contributed by atoms with Crippen LogP contribution in [0.1, 0.15) is 32.1 Å². The number of aliphatic hydroxyl groups excluding tert-OH is 9. The summed E-state index contributed by atoms with van der Waals surface area (Å²) in [4.78, 5) is 51.8. The van der Waals surface area contributed by atoms with E-state index in [1.54, 1.807) is 0 Å². The molecule has 2 fully saturated rings. The van der Waals surface area contributed by atoms with E-state index in [-0.39, 0.29) is 25.8 Å². The van der Waals surface area contributed by atoms with Crippen molar-refractivity contribution in [3.63, 3.8) is 0 Å². The van der Waals surface area contributed by atoms with Crippen LogP contribution in [0.3, 0.4) is 0 Å². The maximum Gasteiger partial charge on any atom is 0.364 e. The number of nitrogens with one attached hydrogen (secondary N) is 2. The molecule has 0 saturated carbocycles. The van der Waals surface area contributed by atoms with Crippen molar-refractivity contribution in [1.29, 1.82) is 0 Å². The Bertz CT molecular complexity index is 1190. The number of nitrogens with zero attached hydrogens (tertiary/aromatic N) is 3. The van der Waals surface area contributed by atoms with Crippen LogP contribution in [0.25, 0.3) is 10.4 Å². The number of carboxylic acids is 2. The number of amides is 2. The first-order valence-corrected chi connectivity index (χ1v) is 15.0. The largest absolute Gasteiger partial charge is 0.479 e. The molecule has 2 rings (SSSR count). The predicted molar refractivity (Wildman–Crippen MR) is 155 cm³/mol. The number of carbonyl (C=O) groups excluding carboxylic acids is 2. The first-order chi connectivity index (χ1) is 23.1. The van der Waals surface area contributed by atoms with Gasteiger partial charge in [0.1, 0.15) is 49.8 Å². The number of unbranched alkanes of at least 4 members (excludes halogenated alkanes) is 1. The topological polar surface area (TPSA) is 391 Å². The van der Waals surface area contributed by atoms with Gasteiger partial charge >= 0.3 is 11.9 Å². The van der Waals surface area contributed by atoms with Gasteiger partial charge in [0.2, 0.25) is 11.8 Å². The highest BCUT2D eigenvalue weighted by molar-refractivity contribution is 5.79. The van der Waals surface area contributed by atoms with Crippen molar-refractivity contribution in [2.75, 3.05) is 33.0 Å². The van der Waals surface area contributed by atoms with E-state index >= 15 is 0 Å². The van der Waals surface area contributed by atoms with Crippen molar-refractivity contribution < 1.29 is 89.6 Å². The molecule has 0 radical (unpaired) electrons. The Morgan fingerprint density at radius 2 is 1.39 bits per heavy atom. The minimum atomic E-state index is -3.13. The summed E-state index contributed by atoms with van der Waals surface area (Å²) in [5.74, 6) is -9.04. The van der Waals surface area contributed by atoms with Gasteiger partial charge in [0.05, 0.1) is 37.5 Å². The summed E-state index contributed by atoms with van der Waals surface area (Å²) in [6.45, 7) is -4.68. The number of hydrogen-bond acceptors (Lipinski definition) is 17. The molecule has 23 heteroatoms. The Labute approximate surface area is 277 Å². The molecule has 0 aromatic rings. The van der Waals surface area contributed by atoms with Crippen LogP contribution in [0.15, 0.2) is 5.11 Å². The monoisotopic (exact) mass is 713 g/mol. The van der Waals surface area contributed by atoms with E-state index in [1.807, 2.05) is 0 Å². The van der Waals surface area contributed by atoms with Gasteiger partial charge in [-0.15, -0.1) is 0 Å². The molecular formula is C26H43N5O18. The summed E-state index contributed by atoms with van der Waals surface area (Å²) in [5, 5.41) is 120. The summed E-state index contributed by atoms with van der Waals surface area (Å²) in [6, 6.07) is -3.43. The molecule has 2 aliphatic heterocycles. The Hall–Kier alpha value is -3.29. The fraction of sp³-hybridized carbons (Fsp3) is 0.846. The molecule has 280 valence electrons.